The van der Waals surface area contributed by atoms with Gasteiger partial charge in [-0.25, -0.2) is 9.36 Å². The number of nitrogens with one attached hydrogen (secondary N) is 2. The predicted octanol–water partition coefficient (Wildman–Crippen LogP) is 1.57. The van der Waals surface area contributed by atoms with Crippen molar-refractivity contribution in [3.63, 3.8) is 0 Å². The smallest absolute Gasteiger partial charge is 0.271 e. The molecule has 2 aromatic heterocycles. The van der Waals surface area contributed by atoms with Crippen molar-refractivity contribution >= 4 is 29.3 Å². The van der Waals surface area contributed by atoms with Crippen molar-refractivity contribution in [2.75, 3.05) is 23.5 Å². The molecule has 0 aliphatic heterocycles. The maximum Gasteiger partial charge on any atom is 0.271 e. The standard InChI is InChI=1S/C20H26N8O2S/c1-11-6-12(2)18(13(3)7-11)23-16(29)9-22-17(30)10-31-20-25-24-19(27(20)21)28-15(5)8-14(4)26-28/h6-8H,9-10,21H2,1-5H3,(H,22,30)(H,23,29). The number of nitrogens with two attached hydrogens (primary N) is 1. The van der Waals surface area contributed by atoms with Gasteiger partial charge in [0.2, 0.25) is 17.0 Å². The van der Waals surface area contributed by atoms with Crippen molar-refractivity contribution in [3.05, 3.63) is 46.3 Å². The molecule has 0 bridgehead atoms. The van der Waals surface area contributed by atoms with Gasteiger partial charge in [0, 0.05) is 11.4 Å². The Hall–Kier alpha value is -3.34. The van der Waals surface area contributed by atoms with Gasteiger partial charge in [0.15, 0.2) is 0 Å². The molecule has 0 saturated heterocycles. The van der Waals surface area contributed by atoms with Crippen LogP contribution in [-0.2, 0) is 9.59 Å². The van der Waals surface area contributed by atoms with Gasteiger partial charge in [0.25, 0.3) is 5.95 Å². The summed E-state index contributed by atoms with van der Waals surface area (Å²) in [7, 11) is 0. The van der Waals surface area contributed by atoms with Crippen LogP contribution in [0.2, 0.25) is 0 Å². The summed E-state index contributed by atoms with van der Waals surface area (Å²) < 4.78 is 2.87. The minimum absolute atomic E-state index is 0.0440. The molecule has 0 atom stereocenters. The minimum Gasteiger partial charge on any atom is -0.346 e. The number of benzene rings is 1. The first-order valence-electron chi connectivity index (χ1n) is 9.67. The van der Waals surface area contributed by atoms with Crippen LogP contribution in [-0.4, -0.2) is 48.8 Å². The maximum absolute atomic E-state index is 12.2. The van der Waals surface area contributed by atoms with E-state index in [2.05, 4.69) is 25.9 Å². The van der Waals surface area contributed by atoms with Gasteiger partial charge in [0.05, 0.1) is 18.0 Å². The fourth-order valence-corrected chi connectivity index (χ4v) is 3.95. The van der Waals surface area contributed by atoms with Gasteiger partial charge in [-0.3, -0.25) is 9.59 Å². The molecule has 0 aliphatic carbocycles. The molecule has 2 heterocycles. The molecule has 3 rings (SSSR count). The van der Waals surface area contributed by atoms with Crippen molar-refractivity contribution in [3.8, 4) is 5.95 Å². The molecule has 0 spiro atoms. The first kappa shape index (κ1) is 22.3. The Balaban J connectivity index is 1.52. The topological polar surface area (TPSA) is 133 Å². The van der Waals surface area contributed by atoms with Crippen molar-refractivity contribution in [1.82, 2.24) is 30.0 Å². The number of aromatic nitrogens is 5. The molecular formula is C20H26N8O2S. The summed E-state index contributed by atoms with van der Waals surface area (Å²) >= 11 is 1.12. The second-order valence-electron chi connectivity index (χ2n) is 7.38. The number of carbonyl (C=O) groups is 2. The number of hydrogen-bond acceptors (Lipinski definition) is 7. The van der Waals surface area contributed by atoms with E-state index in [4.69, 9.17) is 5.84 Å². The zero-order chi connectivity index (χ0) is 22.7. The number of amides is 2. The van der Waals surface area contributed by atoms with Gasteiger partial charge in [-0.1, -0.05) is 29.5 Å². The number of rotatable bonds is 7. The third kappa shape index (κ3) is 5.23. The highest BCUT2D eigenvalue weighted by Gasteiger charge is 2.16. The monoisotopic (exact) mass is 442 g/mol. The van der Waals surface area contributed by atoms with Crippen molar-refractivity contribution < 1.29 is 9.59 Å². The van der Waals surface area contributed by atoms with Crippen LogP contribution in [0.15, 0.2) is 23.4 Å². The van der Waals surface area contributed by atoms with Crippen LogP contribution in [0.4, 0.5) is 5.69 Å². The summed E-state index contributed by atoms with van der Waals surface area (Å²) in [6.07, 6.45) is 0. The van der Waals surface area contributed by atoms with Crippen molar-refractivity contribution in [2.45, 2.75) is 39.8 Å². The number of thioether (sulfide) groups is 1. The molecule has 0 radical (unpaired) electrons. The van der Waals surface area contributed by atoms with E-state index in [1.807, 2.05) is 52.8 Å². The number of carbonyl (C=O) groups excluding carboxylic acids is 2. The second-order valence-corrected chi connectivity index (χ2v) is 8.32. The largest absolute Gasteiger partial charge is 0.346 e. The van der Waals surface area contributed by atoms with Crippen LogP contribution in [0.3, 0.4) is 0 Å². The fourth-order valence-electron chi connectivity index (χ4n) is 3.26. The number of nitrogens with zero attached hydrogens (tertiary/aromatic N) is 5. The summed E-state index contributed by atoms with van der Waals surface area (Å²) in [5.74, 6) is 5.86. The predicted molar refractivity (Wildman–Crippen MR) is 120 cm³/mol. The van der Waals surface area contributed by atoms with Gasteiger partial charge in [0.1, 0.15) is 0 Å². The Labute approximate surface area is 184 Å². The molecule has 3 aromatic rings. The summed E-state index contributed by atoms with van der Waals surface area (Å²) in [5, 5.41) is 18.2. The van der Waals surface area contributed by atoms with Crippen LogP contribution in [0.5, 0.6) is 0 Å². The van der Waals surface area contributed by atoms with E-state index in [9.17, 15) is 9.59 Å². The summed E-state index contributed by atoms with van der Waals surface area (Å²) in [5.41, 5.74) is 5.57. The third-order valence-corrected chi connectivity index (χ3v) is 5.51. The molecule has 1 aromatic carbocycles. The number of anilines is 1. The lowest BCUT2D eigenvalue weighted by molar-refractivity contribution is -0.122. The van der Waals surface area contributed by atoms with E-state index in [0.717, 1.165) is 45.5 Å². The Morgan fingerprint density at radius 1 is 1.03 bits per heavy atom. The SMILES string of the molecule is Cc1cc(C)c(NC(=O)CNC(=O)CSc2nnc(-n3nc(C)cc3C)n2N)c(C)c1. The van der Waals surface area contributed by atoms with Crippen LogP contribution in [0.25, 0.3) is 5.95 Å². The summed E-state index contributed by atoms with van der Waals surface area (Å²) in [4.78, 5) is 24.4. The van der Waals surface area contributed by atoms with E-state index in [1.165, 1.54) is 4.68 Å². The number of nitrogen functional groups attached to an aromatic ring is 1. The van der Waals surface area contributed by atoms with E-state index in [-0.39, 0.29) is 24.1 Å². The molecule has 10 nitrogen and oxygen atoms in total. The molecule has 0 aliphatic rings. The van der Waals surface area contributed by atoms with Crippen LogP contribution in [0.1, 0.15) is 28.1 Å². The zero-order valence-corrected chi connectivity index (χ0v) is 19.0. The fraction of sp³-hybridized carbons (Fsp3) is 0.350. The highest BCUT2D eigenvalue weighted by atomic mass is 32.2. The first-order valence-corrected chi connectivity index (χ1v) is 10.7. The Kier molecular flexibility index (Phi) is 6.64. The zero-order valence-electron chi connectivity index (χ0n) is 18.2. The highest BCUT2D eigenvalue weighted by molar-refractivity contribution is 7.99. The average molecular weight is 443 g/mol. The van der Waals surface area contributed by atoms with Crippen molar-refractivity contribution in [1.29, 1.82) is 0 Å². The molecule has 0 unspecified atom stereocenters. The normalized spacial score (nSPS) is 10.9. The van der Waals surface area contributed by atoms with E-state index >= 15 is 0 Å². The molecule has 31 heavy (non-hydrogen) atoms. The van der Waals surface area contributed by atoms with Crippen LogP contribution >= 0.6 is 11.8 Å². The lowest BCUT2D eigenvalue weighted by Gasteiger charge is -2.13. The lowest BCUT2D eigenvalue weighted by atomic mass is 10.1. The average Bonchev–Trinajstić information content (AvgIpc) is 3.22. The minimum atomic E-state index is -0.312. The quantitative estimate of drug-likeness (QED) is 0.374. The van der Waals surface area contributed by atoms with Gasteiger partial charge in [-0.2, -0.15) is 5.10 Å². The molecular weight excluding hydrogens is 416 g/mol. The molecule has 4 N–H and O–H groups in total. The Bertz CT molecular complexity index is 1110. The molecule has 164 valence electrons. The van der Waals surface area contributed by atoms with E-state index in [0.29, 0.717) is 11.1 Å². The summed E-state index contributed by atoms with van der Waals surface area (Å²) in [6, 6.07) is 5.90. The molecule has 2 amide bonds. The number of hydrogen-bond donors (Lipinski definition) is 3. The highest BCUT2D eigenvalue weighted by Crippen LogP contribution is 2.21. The van der Waals surface area contributed by atoms with E-state index < -0.39 is 0 Å². The van der Waals surface area contributed by atoms with Crippen molar-refractivity contribution in [2.24, 2.45) is 0 Å². The van der Waals surface area contributed by atoms with E-state index in [1.54, 1.807) is 4.68 Å². The third-order valence-electron chi connectivity index (χ3n) is 4.57. The molecule has 0 fully saturated rings. The van der Waals surface area contributed by atoms with Gasteiger partial charge in [-0.05, 0) is 51.8 Å². The first-order chi connectivity index (χ1) is 14.7. The Morgan fingerprint density at radius 2 is 1.71 bits per heavy atom. The molecule has 11 heteroatoms. The molecule has 0 saturated carbocycles. The van der Waals surface area contributed by atoms with Crippen LogP contribution < -0.4 is 16.5 Å². The Morgan fingerprint density at radius 3 is 2.32 bits per heavy atom. The van der Waals surface area contributed by atoms with Gasteiger partial charge in [-0.15, -0.1) is 10.2 Å². The van der Waals surface area contributed by atoms with Gasteiger partial charge < -0.3 is 16.5 Å². The van der Waals surface area contributed by atoms with Gasteiger partial charge >= 0.3 is 0 Å². The lowest BCUT2D eigenvalue weighted by Crippen LogP contribution is -2.34. The summed E-state index contributed by atoms with van der Waals surface area (Å²) in [6.45, 7) is 9.52. The number of aryl methyl sites for hydroxylation is 5. The maximum atomic E-state index is 12.2. The second kappa shape index (κ2) is 9.21. The van der Waals surface area contributed by atoms with Crippen LogP contribution in [0, 0.1) is 34.6 Å².